The molecule has 0 saturated carbocycles. The summed E-state index contributed by atoms with van der Waals surface area (Å²) in [5.74, 6) is 0.950. The molecule has 0 unspecified atom stereocenters. The molecule has 0 aliphatic heterocycles. The molecule has 0 saturated heterocycles. The van der Waals surface area contributed by atoms with E-state index in [4.69, 9.17) is 16.0 Å². The van der Waals surface area contributed by atoms with E-state index in [0.29, 0.717) is 0 Å². The van der Waals surface area contributed by atoms with Crippen LogP contribution in [0.4, 0.5) is 0 Å². The third kappa shape index (κ3) is 3.50. The van der Waals surface area contributed by atoms with Crippen LogP contribution in [0.5, 0.6) is 0 Å². The van der Waals surface area contributed by atoms with Gasteiger partial charge in [-0.1, -0.05) is 23.7 Å². The molecule has 0 radical (unpaired) electrons. The Balaban J connectivity index is 1.84. The molecule has 0 fully saturated rings. The SMILES string of the molecule is Clc1cccc(CNCc2ccc(I)o2)c1. The number of rotatable bonds is 4. The molecule has 1 aromatic heterocycles. The number of hydrogen-bond acceptors (Lipinski definition) is 2. The first kappa shape index (κ1) is 12.0. The minimum Gasteiger partial charge on any atom is -0.454 e. The summed E-state index contributed by atoms with van der Waals surface area (Å²) < 4.78 is 6.36. The van der Waals surface area contributed by atoms with Crippen molar-refractivity contribution in [2.45, 2.75) is 13.1 Å². The van der Waals surface area contributed by atoms with Crippen LogP contribution in [0.1, 0.15) is 11.3 Å². The summed E-state index contributed by atoms with van der Waals surface area (Å²) >= 11 is 8.05. The second kappa shape index (κ2) is 5.70. The Kier molecular flexibility index (Phi) is 4.26. The van der Waals surface area contributed by atoms with E-state index in [1.165, 1.54) is 5.56 Å². The fourth-order valence-electron chi connectivity index (χ4n) is 1.42. The third-order valence-corrected chi connectivity index (χ3v) is 2.96. The molecule has 1 aromatic carbocycles. The summed E-state index contributed by atoms with van der Waals surface area (Å²) in [4.78, 5) is 0. The minimum atomic E-state index is 0.732. The van der Waals surface area contributed by atoms with Crippen molar-refractivity contribution in [1.82, 2.24) is 5.32 Å². The Hall–Kier alpha value is -0.520. The lowest BCUT2D eigenvalue weighted by Crippen LogP contribution is -2.11. The Labute approximate surface area is 113 Å². The van der Waals surface area contributed by atoms with Crippen molar-refractivity contribution in [2.24, 2.45) is 0 Å². The molecule has 0 aliphatic carbocycles. The number of halogens is 2. The van der Waals surface area contributed by atoms with Gasteiger partial charge in [-0.3, -0.25) is 0 Å². The van der Waals surface area contributed by atoms with Crippen LogP contribution in [-0.2, 0) is 13.1 Å². The third-order valence-electron chi connectivity index (χ3n) is 2.15. The van der Waals surface area contributed by atoms with Crippen molar-refractivity contribution in [3.63, 3.8) is 0 Å². The van der Waals surface area contributed by atoms with Crippen LogP contribution in [-0.4, -0.2) is 0 Å². The first-order valence-corrected chi connectivity index (χ1v) is 6.39. The van der Waals surface area contributed by atoms with Gasteiger partial charge < -0.3 is 9.73 Å². The van der Waals surface area contributed by atoms with E-state index in [0.717, 1.165) is 27.6 Å². The summed E-state index contributed by atoms with van der Waals surface area (Å²) in [6.45, 7) is 1.52. The van der Waals surface area contributed by atoms with E-state index < -0.39 is 0 Å². The normalized spacial score (nSPS) is 10.6. The van der Waals surface area contributed by atoms with E-state index >= 15 is 0 Å². The van der Waals surface area contributed by atoms with Crippen molar-refractivity contribution in [3.05, 3.63) is 56.5 Å². The maximum absolute atomic E-state index is 5.90. The van der Waals surface area contributed by atoms with Crippen molar-refractivity contribution in [2.75, 3.05) is 0 Å². The zero-order valence-electron chi connectivity index (χ0n) is 8.54. The molecule has 1 N–H and O–H groups in total. The number of furan rings is 1. The van der Waals surface area contributed by atoms with E-state index in [1.54, 1.807) is 0 Å². The molecule has 16 heavy (non-hydrogen) atoms. The smallest absolute Gasteiger partial charge is 0.164 e. The average molecular weight is 348 g/mol. The van der Waals surface area contributed by atoms with Gasteiger partial charge in [0.25, 0.3) is 0 Å². The average Bonchev–Trinajstić information content (AvgIpc) is 2.64. The summed E-state index contributed by atoms with van der Waals surface area (Å²) in [6.07, 6.45) is 0. The van der Waals surface area contributed by atoms with Gasteiger partial charge in [0.1, 0.15) is 5.76 Å². The topological polar surface area (TPSA) is 25.2 Å². The first-order chi connectivity index (χ1) is 7.74. The predicted molar refractivity (Wildman–Crippen MR) is 73.4 cm³/mol. The van der Waals surface area contributed by atoms with Gasteiger partial charge in [0, 0.05) is 11.6 Å². The molecule has 2 rings (SSSR count). The summed E-state index contributed by atoms with van der Waals surface area (Å²) in [5, 5.41) is 4.07. The summed E-state index contributed by atoms with van der Waals surface area (Å²) in [7, 11) is 0. The molecule has 0 spiro atoms. The van der Waals surface area contributed by atoms with E-state index in [9.17, 15) is 0 Å². The Morgan fingerprint density at radius 3 is 2.75 bits per heavy atom. The van der Waals surface area contributed by atoms with Gasteiger partial charge in [-0.05, 0) is 52.4 Å². The largest absolute Gasteiger partial charge is 0.454 e. The first-order valence-electron chi connectivity index (χ1n) is 4.93. The van der Waals surface area contributed by atoms with E-state index in [1.807, 2.05) is 36.4 Å². The highest BCUT2D eigenvalue weighted by molar-refractivity contribution is 14.1. The minimum absolute atomic E-state index is 0.732. The molecular formula is C12H11ClINO. The zero-order valence-corrected chi connectivity index (χ0v) is 11.5. The van der Waals surface area contributed by atoms with Crippen LogP contribution >= 0.6 is 34.2 Å². The molecule has 1 heterocycles. The molecule has 0 amide bonds. The Bertz CT molecular complexity index is 470. The zero-order chi connectivity index (χ0) is 11.4. The highest BCUT2D eigenvalue weighted by Gasteiger charge is 1.99. The van der Waals surface area contributed by atoms with Gasteiger partial charge in [-0.2, -0.15) is 0 Å². The van der Waals surface area contributed by atoms with E-state index in [2.05, 4.69) is 27.9 Å². The van der Waals surface area contributed by atoms with Gasteiger partial charge in [0.05, 0.1) is 6.54 Å². The van der Waals surface area contributed by atoms with Crippen molar-refractivity contribution in [1.29, 1.82) is 0 Å². The second-order valence-corrected chi connectivity index (χ2v) is 4.94. The van der Waals surface area contributed by atoms with Crippen LogP contribution in [0, 0.1) is 3.77 Å². The van der Waals surface area contributed by atoms with E-state index in [-0.39, 0.29) is 0 Å². The molecule has 0 aliphatic rings. The van der Waals surface area contributed by atoms with Crippen LogP contribution in [0.15, 0.2) is 40.8 Å². The highest BCUT2D eigenvalue weighted by atomic mass is 127. The van der Waals surface area contributed by atoms with Gasteiger partial charge in [0.2, 0.25) is 0 Å². The van der Waals surface area contributed by atoms with Crippen molar-refractivity contribution < 1.29 is 4.42 Å². The Morgan fingerprint density at radius 1 is 1.19 bits per heavy atom. The molecule has 0 bridgehead atoms. The molecule has 2 nitrogen and oxygen atoms in total. The molecule has 2 aromatic rings. The summed E-state index contributed by atoms with van der Waals surface area (Å²) in [5.41, 5.74) is 1.17. The quantitative estimate of drug-likeness (QED) is 0.851. The van der Waals surface area contributed by atoms with Crippen LogP contribution < -0.4 is 5.32 Å². The lowest BCUT2D eigenvalue weighted by atomic mass is 10.2. The summed E-state index contributed by atoms with van der Waals surface area (Å²) in [6, 6.07) is 11.8. The van der Waals surface area contributed by atoms with Crippen LogP contribution in [0.2, 0.25) is 5.02 Å². The molecular weight excluding hydrogens is 336 g/mol. The fourth-order valence-corrected chi connectivity index (χ4v) is 2.10. The lowest BCUT2D eigenvalue weighted by molar-refractivity contribution is 0.463. The van der Waals surface area contributed by atoms with Gasteiger partial charge >= 0.3 is 0 Å². The maximum Gasteiger partial charge on any atom is 0.164 e. The maximum atomic E-state index is 5.90. The van der Waals surface area contributed by atoms with Gasteiger partial charge in [0.15, 0.2) is 3.77 Å². The Morgan fingerprint density at radius 2 is 2.06 bits per heavy atom. The molecule has 84 valence electrons. The van der Waals surface area contributed by atoms with Crippen molar-refractivity contribution in [3.8, 4) is 0 Å². The molecule has 0 atom stereocenters. The predicted octanol–water partition coefficient (Wildman–Crippen LogP) is 3.83. The van der Waals surface area contributed by atoms with Gasteiger partial charge in [-0.15, -0.1) is 0 Å². The number of nitrogens with one attached hydrogen (secondary N) is 1. The second-order valence-electron chi connectivity index (χ2n) is 3.44. The van der Waals surface area contributed by atoms with Crippen LogP contribution in [0.3, 0.4) is 0 Å². The standard InChI is InChI=1S/C12H11ClINO/c13-10-3-1-2-9(6-10)7-15-8-11-4-5-12(14)16-11/h1-6,15H,7-8H2. The van der Waals surface area contributed by atoms with Gasteiger partial charge in [-0.25, -0.2) is 0 Å². The highest BCUT2D eigenvalue weighted by Crippen LogP contribution is 2.12. The lowest BCUT2D eigenvalue weighted by Gasteiger charge is -2.03. The van der Waals surface area contributed by atoms with Crippen molar-refractivity contribution >= 4 is 34.2 Å². The van der Waals surface area contributed by atoms with Crippen LogP contribution in [0.25, 0.3) is 0 Å². The monoisotopic (exact) mass is 347 g/mol. The molecule has 4 heteroatoms. The fraction of sp³-hybridized carbons (Fsp3) is 0.167. The number of benzene rings is 1. The number of hydrogen-bond donors (Lipinski definition) is 1.